The lowest BCUT2D eigenvalue weighted by atomic mass is 9.77. The van der Waals surface area contributed by atoms with Gasteiger partial charge in [-0.2, -0.15) is 5.26 Å². The molecule has 688 valence electrons. The van der Waals surface area contributed by atoms with Crippen molar-refractivity contribution in [3.8, 4) is 6.07 Å². The van der Waals surface area contributed by atoms with Crippen molar-refractivity contribution in [1.82, 2.24) is 20.4 Å². The lowest BCUT2D eigenvalue weighted by molar-refractivity contribution is -0.322. The third-order valence-corrected chi connectivity index (χ3v) is 26.2. The molecule has 0 spiro atoms. The van der Waals surface area contributed by atoms with E-state index >= 15 is 0 Å². The lowest BCUT2D eigenvalue weighted by Crippen LogP contribution is -2.61. The van der Waals surface area contributed by atoms with E-state index < -0.39 is 228 Å². The number of ether oxygens (including phenoxy) is 21. The van der Waals surface area contributed by atoms with Gasteiger partial charge in [-0.25, -0.2) is 9.59 Å². The highest BCUT2D eigenvalue weighted by Crippen LogP contribution is 2.47. The van der Waals surface area contributed by atoms with E-state index in [4.69, 9.17) is 99.5 Å². The van der Waals surface area contributed by atoms with E-state index in [-0.39, 0.29) is 87.7 Å². The van der Waals surface area contributed by atoms with Gasteiger partial charge < -0.3 is 125 Å². The molecule has 120 heavy (non-hydrogen) atoms. The van der Waals surface area contributed by atoms with Crippen LogP contribution in [0.2, 0.25) is 0 Å². The summed E-state index contributed by atoms with van der Waals surface area (Å²) in [4.78, 5) is 112. The third kappa shape index (κ3) is 23.1. The fourth-order valence-electron chi connectivity index (χ4n) is 19.2. The molecule has 8 saturated heterocycles. The van der Waals surface area contributed by atoms with Crippen LogP contribution in [0.5, 0.6) is 0 Å². The number of methoxy groups -OCH3 is 4. The monoisotopic (exact) mass is 1710 g/mol. The molecule has 0 aromatic heterocycles. The number of esters is 4. The standard InChI is InChI=1S/C44H73N3O15.C41H70N2O15/c1-16-31-44(11)36(61-41(51)62-44)27(6)46-38(49)23(2)21-42(9,52-14)35(60-40-34(57-29(8)48)30(47(12)13)20-24(3)55-40)25(4)33(26(5)39(50)58-31)59-32-22-43(10,53-15)37(28(7)56-32)54-19-17-18-45;1-16-28-41(11)34(57-38(48)58-41)24(6)42-35(46)20(2)18-40(10,50-15)33(56-37-31(53-26(8)44)27(43(12)13)17-21(3)51-37)22(4)30(23(5)36(47)54-28)55-29-19-39(9,49-14)32(45)25(7)52-29/h23-28,30-37,40H,16-17,19-22H2,1-15H3,(H,46,49);20-25,27-34,37,45H,16-19H2,1-15H3,(H,42,46)/t23-,24-,25+,26-,27-,28+,30+,31-,32+,33+,34-,35-,36-,37?,40+,42-,43-,44-;20-,21-,22+,23-,24-,25+,27+,28-,29+,30+,31-,32?,33-,34-,37+,39-,40-,41-/m11/s1. The molecule has 36 atom stereocenters. The number of nitrogens with zero attached hydrogens (tertiary/aromatic N) is 3. The van der Waals surface area contributed by atoms with Crippen LogP contribution in [0.15, 0.2) is 0 Å². The molecule has 8 aliphatic heterocycles. The zero-order valence-corrected chi connectivity index (χ0v) is 76.5. The number of hydrogen-bond acceptors (Lipinski definition) is 33. The molecule has 0 radical (unpaired) electrons. The van der Waals surface area contributed by atoms with Gasteiger partial charge >= 0.3 is 36.2 Å². The number of nitrogens with one attached hydrogen (secondary N) is 2. The van der Waals surface area contributed by atoms with Crippen molar-refractivity contribution in [3.63, 3.8) is 0 Å². The summed E-state index contributed by atoms with van der Waals surface area (Å²) in [6.07, 6.45) is -17.1. The Bertz CT molecular complexity index is 3490. The van der Waals surface area contributed by atoms with Crippen LogP contribution in [0.4, 0.5) is 9.59 Å². The summed E-state index contributed by atoms with van der Waals surface area (Å²) in [5.41, 5.74) is -7.51. The molecule has 0 aromatic rings. The Morgan fingerprint density at radius 3 is 1.20 bits per heavy atom. The molecule has 0 bridgehead atoms. The van der Waals surface area contributed by atoms with Crippen LogP contribution >= 0.6 is 0 Å². The Morgan fingerprint density at radius 1 is 0.500 bits per heavy atom. The van der Waals surface area contributed by atoms with Gasteiger partial charge in [0.2, 0.25) is 11.8 Å². The summed E-state index contributed by atoms with van der Waals surface area (Å²) in [5.74, 6) is -8.10. The highest BCUT2D eigenvalue weighted by Gasteiger charge is 2.62. The van der Waals surface area contributed by atoms with Crippen LogP contribution in [0.1, 0.15) is 210 Å². The predicted molar refractivity (Wildman–Crippen MR) is 428 cm³/mol. The lowest BCUT2D eigenvalue weighted by Gasteiger charge is -2.50. The minimum atomic E-state index is -1.47. The maximum absolute atomic E-state index is 14.7. The number of nitriles is 1. The molecule has 8 rings (SSSR count). The molecule has 0 aliphatic carbocycles. The summed E-state index contributed by atoms with van der Waals surface area (Å²) in [6, 6.07) is 0.0116. The number of hydrogen-bond donors (Lipinski definition) is 3. The van der Waals surface area contributed by atoms with Crippen molar-refractivity contribution in [3.05, 3.63) is 0 Å². The molecule has 8 aliphatic rings. The number of fused-ring (bicyclic) bond motifs is 2. The summed E-state index contributed by atoms with van der Waals surface area (Å²) < 4.78 is 131. The molecule has 3 N–H and O–H groups in total. The van der Waals surface area contributed by atoms with Crippen molar-refractivity contribution in [1.29, 1.82) is 5.26 Å². The predicted octanol–water partition coefficient (Wildman–Crippen LogP) is 7.92. The molecule has 8 heterocycles. The Labute approximate surface area is 709 Å². The average molecular weight is 1720 g/mol. The van der Waals surface area contributed by atoms with Gasteiger partial charge in [0.15, 0.2) is 60.8 Å². The number of amides is 2. The van der Waals surface area contributed by atoms with Gasteiger partial charge in [0, 0.05) is 78.8 Å². The fraction of sp³-hybridized carbons (Fsp3) is 0.894. The molecule has 0 saturated carbocycles. The van der Waals surface area contributed by atoms with Gasteiger partial charge in [-0.05, 0) is 164 Å². The highest BCUT2D eigenvalue weighted by atomic mass is 16.8. The van der Waals surface area contributed by atoms with Crippen LogP contribution in [-0.4, -0.2) is 307 Å². The first kappa shape index (κ1) is 101. The quantitative estimate of drug-likeness (QED) is 0.0557. The van der Waals surface area contributed by atoms with Crippen molar-refractivity contribution in [2.75, 3.05) is 63.2 Å². The summed E-state index contributed by atoms with van der Waals surface area (Å²) in [6.45, 7) is 38.3. The van der Waals surface area contributed by atoms with Crippen molar-refractivity contribution in [2.45, 2.75) is 391 Å². The highest BCUT2D eigenvalue weighted by molar-refractivity contribution is 5.80. The molecule has 0 aromatic carbocycles. The number of cyclic esters (lactones) is 2. The maximum Gasteiger partial charge on any atom is 0.509 e. The largest absolute Gasteiger partial charge is 0.509 e. The van der Waals surface area contributed by atoms with E-state index in [1.54, 1.807) is 90.2 Å². The van der Waals surface area contributed by atoms with Crippen LogP contribution in [0, 0.1) is 46.8 Å². The van der Waals surface area contributed by atoms with E-state index in [1.165, 1.54) is 35.2 Å². The Hall–Kier alpha value is -5.79. The van der Waals surface area contributed by atoms with Gasteiger partial charge in [0.1, 0.15) is 24.4 Å². The first-order valence-electron chi connectivity index (χ1n) is 42.5. The first-order chi connectivity index (χ1) is 55.9. The summed E-state index contributed by atoms with van der Waals surface area (Å²) in [7, 11) is 13.7. The van der Waals surface area contributed by atoms with Crippen LogP contribution < -0.4 is 10.6 Å². The number of rotatable bonds is 21. The van der Waals surface area contributed by atoms with Gasteiger partial charge in [-0.1, -0.05) is 41.5 Å². The minimum Gasteiger partial charge on any atom is -0.458 e. The number of aliphatic hydroxyl groups is 1. The van der Waals surface area contributed by atoms with Crippen molar-refractivity contribution in [2.24, 2.45) is 35.5 Å². The second-order valence-electron chi connectivity index (χ2n) is 36.2. The normalized spacial score (nSPS) is 44.6. The van der Waals surface area contributed by atoms with Crippen LogP contribution in [0.3, 0.4) is 0 Å². The average Bonchev–Trinajstić information content (AvgIpc) is 1.61. The number of likely N-dealkylation sites (N-methyl/N-ethyl adjacent to an activating group) is 2. The number of aliphatic hydroxyl groups excluding tert-OH is 1. The minimum absolute atomic E-state index is 0.0937. The van der Waals surface area contributed by atoms with E-state index in [1.807, 2.05) is 93.4 Å². The third-order valence-electron chi connectivity index (χ3n) is 26.2. The first-order valence-corrected chi connectivity index (χ1v) is 42.5. The second-order valence-corrected chi connectivity index (χ2v) is 36.2. The van der Waals surface area contributed by atoms with Crippen molar-refractivity contribution >= 4 is 48.0 Å². The Morgan fingerprint density at radius 2 is 0.858 bits per heavy atom. The number of carbonyl (C=O) groups excluding carboxylic acids is 8. The van der Waals surface area contributed by atoms with Gasteiger partial charge in [0.25, 0.3) is 0 Å². The van der Waals surface area contributed by atoms with E-state index in [2.05, 4.69) is 16.7 Å². The molecule has 35 nitrogen and oxygen atoms in total. The van der Waals surface area contributed by atoms with Crippen LogP contribution in [-0.2, 0) is 128 Å². The molecule has 2 unspecified atom stereocenters. The number of carbonyl (C=O) groups is 8. The molecule has 35 heteroatoms. The van der Waals surface area contributed by atoms with Crippen LogP contribution in [0.25, 0.3) is 0 Å². The zero-order chi connectivity index (χ0) is 90.1. The maximum atomic E-state index is 14.7. The Balaban J connectivity index is 0.000000331. The SMILES string of the molecule is CC[C@H]1OC(=O)[C@H](C)[C@@H](O[C@H]2C[C@@](C)(OC)C(O)[C@H](C)O2)[C@H](C)[C@@H](O[C@@H]2O[C@H](C)C[C@H](N(C)C)[C@H]2OC(C)=O)[C@](C)(OC)C[C@@H](C)C(=O)N[C@H](C)[C@H]2OC(=O)O[C@@]21C.CC[C@H]1OC(=O)[C@H](C)[C@@H](O[C@H]2C[C@@](C)(OC)C(OCCC#N)[C@H](C)O2)[C@H](C)[C@@H](O[C@@H]2O[C@H](C)C[C@H](N(C)C)[C@H]2OC(C)=O)[C@](C)(OC)C[C@@H](C)C(=O)N[C@H](C)[C@H]2OC(=O)O[C@@]21C. The van der Waals surface area contributed by atoms with Gasteiger partial charge in [-0.3, -0.25) is 28.8 Å². The zero-order valence-electron chi connectivity index (χ0n) is 76.5. The van der Waals surface area contributed by atoms with E-state index in [0.717, 1.165) is 0 Å². The smallest absolute Gasteiger partial charge is 0.458 e. The molecule has 2 amide bonds. The molecular formula is C85H143N5O30. The second kappa shape index (κ2) is 42.0. The van der Waals surface area contributed by atoms with Crippen molar-refractivity contribution < 1.29 is 143 Å². The summed E-state index contributed by atoms with van der Waals surface area (Å²) >= 11 is 0. The summed E-state index contributed by atoms with van der Waals surface area (Å²) in [5, 5.41) is 26.2. The van der Waals surface area contributed by atoms with Gasteiger partial charge in [0.05, 0.1) is 126 Å². The molecular weight excluding hydrogens is 1570 g/mol. The van der Waals surface area contributed by atoms with E-state index in [0.29, 0.717) is 12.8 Å². The topological polar surface area (TPSA) is 405 Å². The fourth-order valence-corrected chi connectivity index (χ4v) is 19.2. The molecule has 8 fully saturated rings. The van der Waals surface area contributed by atoms with E-state index in [9.17, 15) is 48.7 Å². The van der Waals surface area contributed by atoms with Gasteiger partial charge in [-0.15, -0.1) is 0 Å². The Kier molecular flexibility index (Phi) is 35.5.